The van der Waals surface area contributed by atoms with Crippen molar-refractivity contribution in [1.29, 1.82) is 0 Å². The van der Waals surface area contributed by atoms with Gasteiger partial charge >= 0.3 is 0 Å². The predicted octanol–water partition coefficient (Wildman–Crippen LogP) is 3.66. The van der Waals surface area contributed by atoms with Gasteiger partial charge in [0.2, 0.25) is 10.0 Å². The van der Waals surface area contributed by atoms with Crippen LogP contribution in [0.3, 0.4) is 0 Å². The molecule has 2 aromatic carbocycles. The zero-order valence-corrected chi connectivity index (χ0v) is 12.5. The summed E-state index contributed by atoms with van der Waals surface area (Å²) in [6.07, 6.45) is 0. The van der Waals surface area contributed by atoms with Crippen LogP contribution in [0.4, 0.5) is 8.78 Å². The quantitative estimate of drug-likeness (QED) is 0.929. The Morgan fingerprint density at radius 3 is 2.52 bits per heavy atom. The van der Waals surface area contributed by atoms with Crippen LogP contribution in [0.15, 0.2) is 47.4 Å². The van der Waals surface area contributed by atoms with Crippen LogP contribution in [0.2, 0.25) is 5.02 Å². The van der Waals surface area contributed by atoms with Crippen LogP contribution in [-0.4, -0.2) is 8.42 Å². The summed E-state index contributed by atoms with van der Waals surface area (Å²) in [5.74, 6) is -1.84. The van der Waals surface area contributed by atoms with Gasteiger partial charge in [0, 0.05) is 11.1 Å². The molecule has 0 aliphatic heterocycles. The minimum atomic E-state index is -4.18. The summed E-state index contributed by atoms with van der Waals surface area (Å²) in [4.78, 5) is -0.726. The molecule has 2 rings (SSSR count). The predicted molar refractivity (Wildman–Crippen MR) is 76.5 cm³/mol. The summed E-state index contributed by atoms with van der Waals surface area (Å²) < 4.78 is 53.2. The maximum atomic E-state index is 13.6. The van der Waals surface area contributed by atoms with E-state index in [4.69, 9.17) is 11.6 Å². The Kier molecular flexibility index (Phi) is 4.61. The van der Waals surface area contributed by atoms with Gasteiger partial charge in [0.05, 0.1) is 0 Å². The van der Waals surface area contributed by atoms with E-state index in [1.54, 1.807) is 31.2 Å². The van der Waals surface area contributed by atoms with Crippen molar-refractivity contribution >= 4 is 21.6 Å². The monoisotopic (exact) mass is 331 g/mol. The summed E-state index contributed by atoms with van der Waals surface area (Å²) in [5.41, 5.74) is 0.614. The molecule has 0 saturated heterocycles. The Morgan fingerprint density at radius 2 is 1.86 bits per heavy atom. The van der Waals surface area contributed by atoms with Crippen LogP contribution in [0, 0.1) is 11.6 Å². The van der Waals surface area contributed by atoms with Crippen LogP contribution in [0.1, 0.15) is 18.5 Å². The molecule has 0 bridgehead atoms. The number of sulfonamides is 1. The van der Waals surface area contributed by atoms with Crippen molar-refractivity contribution in [3.63, 3.8) is 0 Å². The Morgan fingerprint density at radius 1 is 1.14 bits per heavy atom. The summed E-state index contributed by atoms with van der Waals surface area (Å²) >= 11 is 5.84. The van der Waals surface area contributed by atoms with Crippen LogP contribution >= 0.6 is 11.6 Å². The third-order valence-corrected chi connectivity index (χ3v) is 4.65. The number of hydrogen-bond acceptors (Lipinski definition) is 2. The molecule has 2 aromatic rings. The van der Waals surface area contributed by atoms with Crippen molar-refractivity contribution in [1.82, 2.24) is 4.72 Å². The lowest BCUT2D eigenvalue weighted by molar-refractivity contribution is 0.538. The average molecular weight is 332 g/mol. The maximum Gasteiger partial charge on any atom is 0.244 e. The van der Waals surface area contributed by atoms with E-state index in [-0.39, 0.29) is 0 Å². The molecule has 1 atom stereocenters. The van der Waals surface area contributed by atoms with E-state index in [0.29, 0.717) is 16.7 Å². The number of nitrogens with one attached hydrogen (secondary N) is 1. The van der Waals surface area contributed by atoms with Gasteiger partial charge in [0.1, 0.15) is 16.5 Å². The fourth-order valence-corrected chi connectivity index (χ4v) is 3.34. The highest BCUT2D eigenvalue weighted by Crippen LogP contribution is 2.21. The van der Waals surface area contributed by atoms with Crippen molar-refractivity contribution in [2.24, 2.45) is 0 Å². The number of hydrogen-bond donors (Lipinski definition) is 1. The largest absolute Gasteiger partial charge is 0.244 e. The SMILES string of the molecule is C[C@H](NS(=O)(=O)c1cc(F)ccc1F)c1cccc(Cl)c1. The lowest BCUT2D eigenvalue weighted by Crippen LogP contribution is -2.27. The van der Waals surface area contributed by atoms with Gasteiger partial charge < -0.3 is 0 Å². The fraction of sp³-hybridized carbons (Fsp3) is 0.143. The number of rotatable bonds is 4. The minimum absolute atomic E-state index is 0.454. The molecule has 0 saturated carbocycles. The van der Waals surface area contributed by atoms with Gasteiger partial charge in [-0.2, -0.15) is 0 Å². The molecule has 0 unspecified atom stereocenters. The number of halogens is 3. The summed E-state index contributed by atoms with van der Waals surface area (Å²) in [6, 6.07) is 8.23. The average Bonchev–Trinajstić information content (AvgIpc) is 2.41. The molecule has 0 aliphatic rings. The molecule has 0 aromatic heterocycles. The van der Waals surface area contributed by atoms with E-state index in [1.165, 1.54) is 0 Å². The molecule has 0 aliphatic carbocycles. The van der Waals surface area contributed by atoms with Crippen molar-refractivity contribution in [3.05, 3.63) is 64.7 Å². The van der Waals surface area contributed by atoms with Crippen molar-refractivity contribution < 1.29 is 17.2 Å². The van der Waals surface area contributed by atoms with Crippen molar-refractivity contribution in [2.75, 3.05) is 0 Å². The first-order valence-electron chi connectivity index (χ1n) is 6.02. The Bertz CT molecular complexity index is 765. The third kappa shape index (κ3) is 3.78. The lowest BCUT2D eigenvalue weighted by atomic mass is 10.1. The van der Waals surface area contributed by atoms with Gasteiger partial charge in [0.15, 0.2) is 0 Å². The van der Waals surface area contributed by atoms with Crippen molar-refractivity contribution in [2.45, 2.75) is 17.9 Å². The highest BCUT2D eigenvalue weighted by molar-refractivity contribution is 7.89. The van der Waals surface area contributed by atoms with E-state index in [0.717, 1.165) is 12.1 Å². The van der Waals surface area contributed by atoms with E-state index in [1.807, 2.05) is 0 Å². The number of benzene rings is 2. The minimum Gasteiger partial charge on any atom is -0.207 e. The lowest BCUT2D eigenvalue weighted by Gasteiger charge is -2.15. The van der Waals surface area contributed by atoms with E-state index >= 15 is 0 Å². The zero-order chi connectivity index (χ0) is 15.6. The second-order valence-electron chi connectivity index (χ2n) is 4.47. The second kappa shape index (κ2) is 6.09. The fourth-order valence-electron chi connectivity index (χ4n) is 1.82. The molecule has 0 radical (unpaired) electrons. The van der Waals surface area contributed by atoms with E-state index in [2.05, 4.69) is 4.72 Å². The van der Waals surface area contributed by atoms with Crippen LogP contribution < -0.4 is 4.72 Å². The molecule has 112 valence electrons. The summed E-state index contributed by atoms with van der Waals surface area (Å²) in [5, 5.41) is 0.454. The second-order valence-corrected chi connectivity index (χ2v) is 6.59. The molecule has 0 spiro atoms. The molecule has 7 heteroatoms. The Labute approximate surface area is 126 Å². The maximum absolute atomic E-state index is 13.6. The smallest absolute Gasteiger partial charge is 0.207 e. The third-order valence-electron chi connectivity index (χ3n) is 2.86. The Hall–Kier alpha value is -1.50. The normalized spacial score (nSPS) is 13.1. The molecule has 3 nitrogen and oxygen atoms in total. The Balaban J connectivity index is 2.31. The van der Waals surface area contributed by atoms with Gasteiger partial charge in [-0.3, -0.25) is 0 Å². The van der Waals surface area contributed by atoms with Gasteiger partial charge in [-0.05, 0) is 42.8 Å². The first kappa shape index (κ1) is 15.9. The van der Waals surface area contributed by atoms with Gasteiger partial charge in [-0.1, -0.05) is 23.7 Å². The molecule has 0 heterocycles. The van der Waals surface area contributed by atoms with Crippen LogP contribution in [0.25, 0.3) is 0 Å². The van der Waals surface area contributed by atoms with E-state index < -0.39 is 32.6 Å². The molecular formula is C14H12ClF2NO2S. The molecule has 0 amide bonds. The molecule has 0 fully saturated rings. The first-order chi connectivity index (χ1) is 9.79. The van der Waals surface area contributed by atoms with Crippen LogP contribution in [-0.2, 0) is 10.0 Å². The van der Waals surface area contributed by atoms with Gasteiger partial charge in [-0.25, -0.2) is 21.9 Å². The van der Waals surface area contributed by atoms with Gasteiger partial charge in [0.25, 0.3) is 0 Å². The van der Waals surface area contributed by atoms with Gasteiger partial charge in [-0.15, -0.1) is 0 Å². The summed E-state index contributed by atoms with van der Waals surface area (Å²) in [6.45, 7) is 1.58. The highest BCUT2D eigenvalue weighted by Gasteiger charge is 2.22. The summed E-state index contributed by atoms with van der Waals surface area (Å²) in [7, 11) is -4.18. The zero-order valence-electron chi connectivity index (χ0n) is 11.0. The molecule has 21 heavy (non-hydrogen) atoms. The molecule has 1 N–H and O–H groups in total. The van der Waals surface area contributed by atoms with E-state index in [9.17, 15) is 17.2 Å². The van der Waals surface area contributed by atoms with Crippen molar-refractivity contribution in [3.8, 4) is 0 Å². The molecular weight excluding hydrogens is 320 g/mol. The van der Waals surface area contributed by atoms with Crippen LogP contribution in [0.5, 0.6) is 0 Å². The highest BCUT2D eigenvalue weighted by atomic mass is 35.5. The standard InChI is InChI=1S/C14H12ClF2NO2S/c1-9(10-3-2-4-11(15)7-10)18-21(19,20)14-8-12(16)5-6-13(14)17/h2-9,18H,1H3/t9-/m0/s1. The first-order valence-corrected chi connectivity index (χ1v) is 7.88. The topological polar surface area (TPSA) is 46.2 Å².